The molecular formula is C24H34N4O6S2. The Morgan fingerprint density at radius 2 is 1.44 bits per heavy atom. The Kier molecular flexibility index (Phi) is 9.47. The largest absolute Gasteiger partial charge is 0.497 e. The first-order valence-electron chi connectivity index (χ1n) is 11.9. The molecule has 2 aromatic carbocycles. The minimum Gasteiger partial charge on any atom is -0.497 e. The molecule has 0 saturated carbocycles. The van der Waals surface area contributed by atoms with E-state index in [-0.39, 0.29) is 15.7 Å². The van der Waals surface area contributed by atoms with Gasteiger partial charge in [-0.1, -0.05) is 13.8 Å². The number of benzene rings is 2. The van der Waals surface area contributed by atoms with Crippen LogP contribution in [0.5, 0.6) is 5.75 Å². The monoisotopic (exact) mass is 538 g/mol. The van der Waals surface area contributed by atoms with Crippen LogP contribution in [0, 0.1) is 0 Å². The van der Waals surface area contributed by atoms with Crippen molar-refractivity contribution < 1.29 is 26.4 Å². The molecule has 0 unspecified atom stereocenters. The van der Waals surface area contributed by atoms with E-state index in [2.05, 4.69) is 10.2 Å². The van der Waals surface area contributed by atoms with Gasteiger partial charge in [-0.05, 0) is 48.5 Å². The molecule has 1 aliphatic heterocycles. The van der Waals surface area contributed by atoms with E-state index in [0.29, 0.717) is 63.7 Å². The van der Waals surface area contributed by atoms with E-state index in [0.717, 1.165) is 0 Å². The highest BCUT2D eigenvalue weighted by Gasteiger charge is 2.28. The highest BCUT2D eigenvalue weighted by Crippen LogP contribution is 2.21. The van der Waals surface area contributed by atoms with Crippen molar-refractivity contribution >= 4 is 26.0 Å². The minimum absolute atomic E-state index is 0.158. The maximum absolute atomic E-state index is 12.9. The Labute approximate surface area is 213 Å². The van der Waals surface area contributed by atoms with Crippen molar-refractivity contribution in [3.05, 3.63) is 54.1 Å². The number of sulfonamides is 2. The first-order valence-corrected chi connectivity index (χ1v) is 14.8. The first-order chi connectivity index (χ1) is 17.1. The highest BCUT2D eigenvalue weighted by atomic mass is 32.2. The molecule has 10 nitrogen and oxygen atoms in total. The molecule has 198 valence electrons. The molecule has 1 aliphatic rings. The van der Waals surface area contributed by atoms with E-state index in [1.54, 1.807) is 38.1 Å². The Bertz CT molecular complexity index is 1220. The second-order valence-corrected chi connectivity index (χ2v) is 12.2. The summed E-state index contributed by atoms with van der Waals surface area (Å²) in [5, 5.41) is 2.84. The molecule has 12 heteroatoms. The highest BCUT2D eigenvalue weighted by molar-refractivity contribution is 7.89. The van der Waals surface area contributed by atoms with Crippen LogP contribution in [-0.4, -0.2) is 95.7 Å². The third-order valence-corrected chi connectivity index (χ3v) is 10.2. The van der Waals surface area contributed by atoms with E-state index >= 15 is 0 Å². The maximum Gasteiger partial charge on any atom is 0.251 e. The van der Waals surface area contributed by atoms with Crippen molar-refractivity contribution in [3.8, 4) is 5.75 Å². The summed E-state index contributed by atoms with van der Waals surface area (Å²) in [7, 11) is -5.61. The lowest BCUT2D eigenvalue weighted by atomic mass is 10.2. The molecule has 2 aromatic rings. The van der Waals surface area contributed by atoms with Crippen molar-refractivity contribution in [2.45, 2.75) is 23.6 Å². The summed E-state index contributed by atoms with van der Waals surface area (Å²) in [6.07, 6.45) is 0. The number of carbonyl (C=O) groups excluding carboxylic acids is 1. The summed E-state index contributed by atoms with van der Waals surface area (Å²) in [4.78, 5) is 15.0. The number of carbonyl (C=O) groups is 1. The number of nitrogens with zero attached hydrogens (tertiary/aromatic N) is 3. The van der Waals surface area contributed by atoms with Gasteiger partial charge in [0.2, 0.25) is 20.0 Å². The molecular weight excluding hydrogens is 504 g/mol. The fourth-order valence-electron chi connectivity index (χ4n) is 4.01. The van der Waals surface area contributed by atoms with Crippen molar-refractivity contribution in [1.29, 1.82) is 0 Å². The third-order valence-electron chi connectivity index (χ3n) is 6.20. The predicted molar refractivity (Wildman–Crippen MR) is 137 cm³/mol. The molecule has 1 amide bonds. The second-order valence-electron chi connectivity index (χ2n) is 8.29. The number of rotatable bonds is 11. The van der Waals surface area contributed by atoms with Crippen LogP contribution in [0.2, 0.25) is 0 Å². The normalized spacial score (nSPS) is 15.7. The Morgan fingerprint density at radius 3 is 1.97 bits per heavy atom. The molecule has 0 radical (unpaired) electrons. The summed E-state index contributed by atoms with van der Waals surface area (Å²) in [5.41, 5.74) is 0.379. The van der Waals surface area contributed by atoms with Crippen LogP contribution in [0.25, 0.3) is 0 Å². The van der Waals surface area contributed by atoms with E-state index in [1.165, 1.54) is 40.0 Å². The molecule has 0 atom stereocenters. The molecule has 0 aromatic heterocycles. The van der Waals surface area contributed by atoms with Crippen LogP contribution < -0.4 is 10.1 Å². The summed E-state index contributed by atoms with van der Waals surface area (Å²) in [6, 6.07) is 12.3. The van der Waals surface area contributed by atoms with Crippen molar-refractivity contribution in [2.24, 2.45) is 0 Å². The number of piperazine rings is 1. The van der Waals surface area contributed by atoms with Crippen molar-refractivity contribution in [2.75, 3.05) is 59.5 Å². The van der Waals surface area contributed by atoms with Crippen LogP contribution in [-0.2, 0) is 20.0 Å². The molecule has 1 saturated heterocycles. The van der Waals surface area contributed by atoms with Crippen molar-refractivity contribution in [3.63, 3.8) is 0 Å². The lowest BCUT2D eigenvalue weighted by molar-refractivity contribution is 0.0945. The Balaban J connectivity index is 1.47. The zero-order valence-corrected chi connectivity index (χ0v) is 22.5. The number of ether oxygens (including phenoxy) is 1. The molecule has 1 N–H and O–H groups in total. The van der Waals surface area contributed by atoms with Crippen LogP contribution >= 0.6 is 0 Å². The third kappa shape index (κ3) is 6.43. The van der Waals surface area contributed by atoms with E-state index in [1.807, 2.05) is 0 Å². The molecule has 0 spiro atoms. The molecule has 0 aliphatic carbocycles. The zero-order valence-electron chi connectivity index (χ0n) is 20.9. The zero-order chi connectivity index (χ0) is 26.3. The van der Waals surface area contributed by atoms with E-state index < -0.39 is 20.0 Å². The molecule has 1 fully saturated rings. The van der Waals surface area contributed by atoms with Gasteiger partial charge >= 0.3 is 0 Å². The molecule has 1 heterocycles. The summed E-state index contributed by atoms with van der Waals surface area (Å²) < 4.78 is 58.9. The number of methoxy groups -OCH3 is 1. The van der Waals surface area contributed by atoms with Crippen LogP contribution in [0.3, 0.4) is 0 Å². The van der Waals surface area contributed by atoms with Gasteiger partial charge in [-0.15, -0.1) is 0 Å². The smallest absolute Gasteiger partial charge is 0.251 e. The number of hydrogen-bond acceptors (Lipinski definition) is 7. The van der Waals surface area contributed by atoms with E-state index in [4.69, 9.17) is 4.74 Å². The van der Waals surface area contributed by atoms with Gasteiger partial charge in [-0.2, -0.15) is 8.61 Å². The fourth-order valence-corrected chi connectivity index (χ4v) is 6.89. The van der Waals surface area contributed by atoms with Gasteiger partial charge in [0.1, 0.15) is 5.75 Å². The van der Waals surface area contributed by atoms with Gasteiger partial charge in [0.15, 0.2) is 0 Å². The maximum atomic E-state index is 12.9. The lowest BCUT2D eigenvalue weighted by Crippen LogP contribution is -2.50. The second kappa shape index (κ2) is 12.2. The SMILES string of the molecule is CCN(CC)S(=O)(=O)c1ccc(C(=O)NCCN2CCN(S(=O)(=O)c3ccc(OC)cc3)CC2)cc1. The Hall–Kier alpha value is -2.51. The predicted octanol–water partition coefficient (Wildman–Crippen LogP) is 1.46. The summed E-state index contributed by atoms with van der Waals surface area (Å²) in [5.74, 6) is 0.309. The number of nitrogens with one attached hydrogen (secondary N) is 1. The minimum atomic E-state index is -3.57. The van der Waals surface area contributed by atoms with Crippen molar-refractivity contribution in [1.82, 2.24) is 18.8 Å². The fraction of sp³-hybridized carbons (Fsp3) is 0.458. The van der Waals surface area contributed by atoms with Crippen LogP contribution in [0.4, 0.5) is 0 Å². The standard InChI is InChI=1S/C24H34N4O6S2/c1-4-27(5-2)35(30,31)22-10-6-20(7-11-22)24(29)25-14-15-26-16-18-28(19-17-26)36(32,33)23-12-8-21(34-3)9-13-23/h6-13H,4-5,14-19H2,1-3H3,(H,25,29). The topological polar surface area (TPSA) is 116 Å². The van der Waals surface area contributed by atoms with Gasteiger partial charge < -0.3 is 10.1 Å². The van der Waals surface area contributed by atoms with Gasteiger partial charge in [0.05, 0.1) is 16.9 Å². The first kappa shape index (κ1) is 28.1. The number of hydrogen-bond donors (Lipinski definition) is 1. The molecule has 36 heavy (non-hydrogen) atoms. The average Bonchev–Trinajstić information content (AvgIpc) is 2.89. The quantitative estimate of drug-likeness (QED) is 0.460. The lowest BCUT2D eigenvalue weighted by Gasteiger charge is -2.34. The Morgan fingerprint density at radius 1 is 0.889 bits per heavy atom. The summed E-state index contributed by atoms with van der Waals surface area (Å²) >= 11 is 0. The molecule has 0 bridgehead atoms. The van der Waals surface area contributed by atoms with Crippen LogP contribution in [0.15, 0.2) is 58.3 Å². The van der Waals surface area contributed by atoms with Gasteiger partial charge in [0, 0.05) is 57.9 Å². The number of amides is 1. The van der Waals surface area contributed by atoms with Gasteiger partial charge in [0.25, 0.3) is 5.91 Å². The average molecular weight is 539 g/mol. The van der Waals surface area contributed by atoms with Gasteiger partial charge in [-0.3, -0.25) is 9.69 Å². The molecule has 3 rings (SSSR count). The van der Waals surface area contributed by atoms with Crippen LogP contribution in [0.1, 0.15) is 24.2 Å². The van der Waals surface area contributed by atoms with Gasteiger partial charge in [-0.25, -0.2) is 16.8 Å². The van der Waals surface area contributed by atoms with E-state index in [9.17, 15) is 21.6 Å². The summed E-state index contributed by atoms with van der Waals surface area (Å²) in [6.45, 7) is 7.14.